The van der Waals surface area contributed by atoms with Gasteiger partial charge in [0.2, 0.25) is 0 Å². The molecule has 0 aliphatic heterocycles. The van der Waals surface area contributed by atoms with Crippen LogP contribution in [0.4, 0.5) is 11.4 Å². The molecule has 0 amide bonds. The molecular formula is C13H19N3O. The fourth-order valence-corrected chi connectivity index (χ4v) is 1.75. The number of nitriles is 1. The van der Waals surface area contributed by atoms with E-state index in [0.29, 0.717) is 17.2 Å². The van der Waals surface area contributed by atoms with Crippen molar-refractivity contribution in [1.29, 1.82) is 5.26 Å². The highest BCUT2D eigenvalue weighted by molar-refractivity contribution is 5.63. The molecule has 1 unspecified atom stereocenters. The molecule has 0 bridgehead atoms. The van der Waals surface area contributed by atoms with Crippen molar-refractivity contribution in [3.63, 3.8) is 0 Å². The summed E-state index contributed by atoms with van der Waals surface area (Å²) in [6.45, 7) is 4.24. The van der Waals surface area contributed by atoms with Crippen molar-refractivity contribution >= 4 is 11.4 Å². The van der Waals surface area contributed by atoms with Gasteiger partial charge in [-0.1, -0.05) is 13.8 Å². The van der Waals surface area contributed by atoms with Crippen LogP contribution in [0.3, 0.4) is 0 Å². The molecule has 0 aromatic heterocycles. The largest absolute Gasteiger partial charge is 0.399 e. The SMILES string of the molecule is CC(C)CC(CO)Nc1ccc(N)cc1C#N. The van der Waals surface area contributed by atoms with Gasteiger partial charge in [-0.2, -0.15) is 5.26 Å². The monoisotopic (exact) mass is 233 g/mol. The molecule has 0 fully saturated rings. The molecule has 4 N–H and O–H groups in total. The van der Waals surface area contributed by atoms with Gasteiger partial charge in [0.05, 0.1) is 17.9 Å². The minimum absolute atomic E-state index is 0.0364. The number of anilines is 2. The van der Waals surface area contributed by atoms with E-state index >= 15 is 0 Å². The third-order valence-corrected chi connectivity index (χ3v) is 2.50. The van der Waals surface area contributed by atoms with E-state index in [9.17, 15) is 5.11 Å². The number of nitrogens with two attached hydrogens (primary N) is 1. The lowest BCUT2D eigenvalue weighted by atomic mass is 10.0. The Hall–Kier alpha value is -1.73. The van der Waals surface area contributed by atoms with Crippen molar-refractivity contribution in [2.24, 2.45) is 5.92 Å². The molecular weight excluding hydrogens is 214 g/mol. The van der Waals surface area contributed by atoms with Crippen LogP contribution in [-0.4, -0.2) is 17.8 Å². The van der Waals surface area contributed by atoms with Gasteiger partial charge in [-0.05, 0) is 30.5 Å². The average Bonchev–Trinajstić information content (AvgIpc) is 2.29. The lowest BCUT2D eigenvalue weighted by Crippen LogP contribution is -2.26. The number of benzene rings is 1. The van der Waals surface area contributed by atoms with E-state index < -0.39 is 0 Å². The normalized spacial score (nSPS) is 12.2. The number of hydrogen-bond acceptors (Lipinski definition) is 4. The molecule has 4 nitrogen and oxygen atoms in total. The highest BCUT2D eigenvalue weighted by Crippen LogP contribution is 2.20. The smallest absolute Gasteiger partial charge is 0.101 e. The molecule has 0 saturated heterocycles. The molecule has 1 aromatic carbocycles. The van der Waals surface area contributed by atoms with Gasteiger partial charge in [-0.25, -0.2) is 0 Å². The molecule has 0 spiro atoms. The number of nitrogens with zero attached hydrogens (tertiary/aromatic N) is 1. The molecule has 1 rings (SSSR count). The van der Waals surface area contributed by atoms with Crippen LogP contribution in [-0.2, 0) is 0 Å². The van der Waals surface area contributed by atoms with E-state index in [1.807, 2.05) is 0 Å². The Kier molecular flexibility index (Phi) is 4.80. The fraction of sp³-hybridized carbons (Fsp3) is 0.462. The fourth-order valence-electron chi connectivity index (χ4n) is 1.75. The van der Waals surface area contributed by atoms with E-state index in [1.54, 1.807) is 18.2 Å². The average molecular weight is 233 g/mol. The van der Waals surface area contributed by atoms with Crippen LogP contribution >= 0.6 is 0 Å². The first-order valence-electron chi connectivity index (χ1n) is 5.73. The van der Waals surface area contributed by atoms with Gasteiger partial charge in [0.1, 0.15) is 6.07 Å². The van der Waals surface area contributed by atoms with Crippen LogP contribution in [0, 0.1) is 17.2 Å². The van der Waals surface area contributed by atoms with Gasteiger partial charge in [-0.3, -0.25) is 0 Å². The molecule has 4 heteroatoms. The Bertz CT molecular complexity index is 410. The predicted octanol–water partition coefficient (Wildman–Crippen LogP) is 1.96. The molecule has 92 valence electrons. The summed E-state index contributed by atoms with van der Waals surface area (Å²) < 4.78 is 0. The van der Waals surface area contributed by atoms with Crippen molar-refractivity contribution < 1.29 is 5.11 Å². The van der Waals surface area contributed by atoms with E-state index in [2.05, 4.69) is 25.2 Å². The number of hydrogen-bond donors (Lipinski definition) is 3. The van der Waals surface area contributed by atoms with Crippen LogP contribution in [0.2, 0.25) is 0 Å². The van der Waals surface area contributed by atoms with Crippen LogP contribution in [0.5, 0.6) is 0 Å². The van der Waals surface area contributed by atoms with E-state index in [-0.39, 0.29) is 12.6 Å². The third-order valence-electron chi connectivity index (χ3n) is 2.50. The molecule has 0 aliphatic carbocycles. The summed E-state index contributed by atoms with van der Waals surface area (Å²) in [4.78, 5) is 0. The summed E-state index contributed by atoms with van der Waals surface area (Å²) in [6, 6.07) is 7.21. The zero-order valence-corrected chi connectivity index (χ0v) is 10.3. The Morgan fingerprint density at radius 3 is 2.71 bits per heavy atom. The first-order valence-corrected chi connectivity index (χ1v) is 5.73. The summed E-state index contributed by atoms with van der Waals surface area (Å²) in [7, 11) is 0. The van der Waals surface area contributed by atoms with Gasteiger partial charge in [0, 0.05) is 11.7 Å². The molecule has 1 atom stereocenters. The van der Waals surface area contributed by atoms with E-state index in [4.69, 9.17) is 11.0 Å². The van der Waals surface area contributed by atoms with Gasteiger partial charge >= 0.3 is 0 Å². The Balaban J connectivity index is 2.83. The van der Waals surface area contributed by atoms with Crippen LogP contribution in [0.15, 0.2) is 18.2 Å². The van der Waals surface area contributed by atoms with Crippen LogP contribution in [0.25, 0.3) is 0 Å². The minimum atomic E-state index is -0.0364. The van der Waals surface area contributed by atoms with Gasteiger partial charge in [-0.15, -0.1) is 0 Å². The zero-order valence-electron chi connectivity index (χ0n) is 10.3. The predicted molar refractivity (Wildman–Crippen MR) is 69.5 cm³/mol. The van der Waals surface area contributed by atoms with Gasteiger partial charge in [0.25, 0.3) is 0 Å². The molecule has 0 aliphatic rings. The second kappa shape index (κ2) is 6.12. The van der Waals surface area contributed by atoms with Crippen molar-refractivity contribution in [3.05, 3.63) is 23.8 Å². The Morgan fingerprint density at radius 1 is 1.47 bits per heavy atom. The summed E-state index contributed by atoms with van der Waals surface area (Å²) >= 11 is 0. The van der Waals surface area contributed by atoms with Crippen LogP contribution in [0.1, 0.15) is 25.8 Å². The van der Waals surface area contributed by atoms with Crippen molar-refractivity contribution in [2.45, 2.75) is 26.3 Å². The van der Waals surface area contributed by atoms with Gasteiger partial charge in [0.15, 0.2) is 0 Å². The van der Waals surface area contributed by atoms with Crippen LogP contribution < -0.4 is 11.1 Å². The number of aliphatic hydroxyl groups excluding tert-OH is 1. The Labute approximate surface area is 102 Å². The molecule has 1 aromatic rings. The maximum Gasteiger partial charge on any atom is 0.101 e. The summed E-state index contributed by atoms with van der Waals surface area (Å²) in [5.74, 6) is 0.485. The topological polar surface area (TPSA) is 82.1 Å². The van der Waals surface area contributed by atoms with E-state index in [0.717, 1.165) is 12.1 Å². The Morgan fingerprint density at radius 2 is 2.18 bits per heavy atom. The van der Waals surface area contributed by atoms with E-state index in [1.165, 1.54) is 0 Å². The van der Waals surface area contributed by atoms with Crippen molar-refractivity contribution in [2.75, 3.05) is 17.7 Å². The number of aliphatic hydroxyl groups is 1. The highest BCUT2D eigenvalue weighted by atomic mass is 16.3. The third kappa shape index (κ3) is 3.97. The first kappa shape index (κ1) is 13.3. The summed E-state index contributed by atoms with van der Waals surface area (Å²) in [6.07, 6.45) is 0.853. The second-order valence-electron chi connectivity index (χ2n) is 4.57. The maximum absolute atomic E-state index is 9.28. The summed E-state index contributed by atoms with van der Waals surface area (Å²) in [5.41, 5.74) is 7.42. The molecule has 0 radical (unpaired) electrons. The van der Waals surface area contributed by atoms with Crippen molar-refractivity contribution in [3.8, 4) is 6.07 Å². The maximum atomic E-state index is 9.28. The van der Waals surface area contributed by atoms with Crippen molar-refractivity contribution in [1.82, 2.24) is 0 Å². The quantitative estimate of drug-likeness (QED) is 0.679. The molecule has 17 heavy (non-hydrogen) atoms. The zero-order chi connectivity index (χ0) is 12.8. The lowest BCUT2D eigenvalue weighted by Gasteiger charge is -2.20. The standard InChI is InChI=1S/C13H19N3O/c1-9(2)5-12(8-17)16-13-4-3-11(15)6-10(13)7-14/h3-4,6,9,12,16-17H,5,8,15H2,1-2H3. The minimum Gasteiger partial charge on any atom is -0.399 e. The summed E-state index contributed by atoms with van der Waals surface area (Å²) in [5, 5.41) is 21.5. The second-order valence-corrected chi connectivity index (χ2v) is 4.57. The number of nitrogen functional groups attached to an aromatic ring is 1. The highest BCUT2D eigenvalue weighted by Gasteiger charge is 2.11. The number of rotatable bonds is 5. The lowest BCUT2D eigenvalue weighted by molar-refractivity contribution is 0.259. The molecule has 0 heterocycles. The molecule has 0 saturated carbocycles. The first-order chi connectivity index (χ1) is 8.06. The number of nitrogens with one attached hydrogen (secondary N) is 1. The van der Waals surface area contributed by atoms with Gasteiger partial charge < -0.3 is 16.2 Å².